The van der Waals surface area contributed by atoms with Crippen molar-refractivity contribution in [3.05, 3.63) is 58.8 Å². The monoisotopic (exact) mass is 332 g/mol. The molecule has 1 heterocycles. The Bertz CT molecular complexity index is 828. The number of hydrogen-bond acceptors (Lipinski definition) is 3. The molecule has 110 valence electrons. The number of hydrogen-bond donors (Lipinski definition) is 2. The molecule has 2 aromatic carbocycles. The number of halogens is 2. The van der Waals surface area contributed by atoms with E-state index in [-0.39, 0.29) is 16.3 Å². The van der Waals surface area contributed by atoms with Crippen LogP contribution in [0, 0.1) is 0 Å². The largest absolute Gasteiger partial charge is 0.326 e. The van der Waals surface area contributed by atoms with Gasteiger partial charge in [0.25, 0.3) is 0 Å². The van der Waals surface area contributed by atoms with Crippen molar-refractivity contribution in [3.8, 4) is 0 Å². The molecule has 0 atom stereocenters. The maximum atomic E-state index is 12.1. The molecule has 2 N–H and O–H groups in total. The number of nitrogens with zero attached hydrogens (tertiary/aromatic N) is 2. The molecular weight excluding hydrogens is 323 g/mol. The summed E-state index contributed by atoms with van der Waals surface area (Å²) in [4.78, 5) is 19.8. The number of anilines is 2. The Hall–Kier alpha value is -2.37. The Balaban J connectivity index is 1.81. The van der Waals surface area contributed by atoms with Crippen LogP contribution in [0.5, 0.6) is 0 Å². The van der Waals surface area contributed by atoms with E-state index in [1.54, 1.807) is 0 Å². The smallest absolute Gasteiger partial charge is 0.307 e. The fourth-order valence-electron chi connectivity index (χ4n) is 2.04. The maximum Gasteiger partial charge on any atom is 0.326 e. The Morgan fingerprint density at radius 1 is 0.909 bits per heavy atom. The molecule has 3 aromatic rings. The van der Waals surface area contributed by atoms with E-state index in [9.17, 15) is 4.79 Å². The van der Waals surface area contributed by atoms with Crippen molar-refractivity contribution < 1.29 is 4.79 Å². The van der Waals surface area contributed by atoms with Gasteiger partial charge in [-0.1, -0.05) is 59.6 Å². The standard InChI is InChI=1S/C15H10Cl2N4O/c16-12-8-13(17)20-14(19-12)21-15(22)18-11-7-3-5-9-4-1-2-6-10(9)11/h1-8H,(H2,18,19,20,21,22). The van der Waals surface area contributed by atoms with Crippen LogP contribution in [0.25, 0.3) is 10.8 Å². The topological polar surface area (TPSA) is 66.9 Å². The van der Waals surface area contributed by atoms with Crippen molar-refractivity contribution in [2.45, 2.75) is 0 Å². The second-order valence-electron chi connectivity index (χ2n) is 4.44. The molecule has 0 radical (unpaired) electrons. The lowest BCUT2D eigenvalue weighted by Gasteiger charge is -2.09. The van der Waals surface area contributed by atoms with Gasteiger partial charge in [-0.25, -0.2) is 14.8 Å². The van der Waals surface area contributed by atoms with Gasteiger partial charge in [0.05, 0.1) is 5.69 Å². The summed E-state index contributed by atoms with van der Waals surface area (Å²) < 4.78 is 0. The molecule has 0 aliphatic rings. The summed E-state index contributed by atoms with van der Waals surface area (Å²) in [7, 11) is 0. The van der Waals surface area contributed by atoms with Crippen LogP contribution in [0.3, 0.4) is 0 Å². The first-order chi connectivity index (χ1) is 10.6. The third-order valence-electron chi connectivity index (χ3n) is 2.93. The fraction of sp³-hybridized carbons (Fsp3) is 0. The normalized spacial score (nSPS) is 10.5. The van der Waals surface area contributed by atoms with Crippen LogP contribution < -0.4 is 10.6 Å². The summed E-state index contributed by atoms with van der Waals surface area (Å²) in [5, 5.41) is 7.52. The Morgan fingerprint density at radius 3 is 2.36 bits per heavy atom. The lowest BCUT2D eigenvalue weighted by Crippen LogP contribution is -2.21. The Labute approximate surface area is 136 Å². The molecule has 0 saturated carbocycles. The predicted octanol–water partition coefficient (Wildman–Crippen LogP) is 4.58. The first-order valence-corrected chi connectivity index (χ1v) is 7.13. The van der Waals surface area contributed by atoms with E-state index in [1.165, 1.54) is 6.07 Å². The van der Waals surface area contributed by atoms with Crippen LogP contribution in [-0.2, 0) is 0 Å². The van der Waals surface area contributed by atoms with E-state index in [1.807, 2.05) is 42.5 Å². The van der Waals surface area contributed by atoms with Gasteiger partial charge in [0.15, 0.2) is 0 Å². The van der Waals surface area contributed by atoms with Crippen molar-refractivity contribution in [2.24, 2.45) is 0 Å². The van der Waals surface area contributed by atoms with Crippen LogP contribution in [-0.4, -0.2) is 16.0 Å². The fourth-order valence-corrected chi connectivity index (χ4v) is 2.46. The number of fused-ring (bicyclic) bond motifs is 1. The molecule has 7 heteroatoms. The summed E-state index contributed by atoms with van der Waals surface area (Å²) in [6, 6.07) is 14.3. The zero-order valence-corrected chi connectivity index (χ0v) is 12.7. The van der Waals surface area contributed by atoms with Gasteiger partial charge in [-0.2, -0.15) is 0 Å². The van der Waals surface area contributed by atoms with Crippen molar-refractivity contribution in [1.82, 2.24) is 9.97 Å². The highest BCUT2D eigenvalue weighted by molar-refractivity contribution is 6.33. The minimum absolute atomic E-state index is 0.0373. The molecule has 0 spiro atoms. The zero-order valence-electron chi connectivity index (χ0n) is 11.2. The second kappa shape index (κ2) is 6.17. The van der Waals surface area contributed by atoms with E-state index in [0.717, 1.165) is 10.8 Å². The first kappa shape index (κ1) is 14.6. The van der Waals surface area contributed by atoms with Crippen molar-refractivity contribution in [2.75, 3.05) is 10.6 Å². The number of amides is 2. The van der Waals surface area contributed by atoms with E-state index in [2.05, 4.69) is 20.6 Å². The Morgan fingerprint density at radius 2 is 1.59 bits per heavy atom. The molecule has 1 aromatic heterocycles. The van der Waals surface area contributed by atoms with Gasteiger partial charge in [-0.05, 0) is 11.5 Å². The van der Waals surface area contributed by atoms with Gasteiger partial charge in [-0.15, -0.1) is 0 Å². The third kappa shape index (κ3) is 3.27. The van der Waals surface area contributed by atoms with Crippen molar-refractivity contribution in [1.29, 1.82) is 0 Å². The number of urea groups is 1. The van der Waals surface area contributed by atoms with E-state index < -0.39 is 6.03 Å². The second-order valence-corrected chi connectivity index (χ2v) is 5.22. The molecule has 2 amide bonds. The zero-order chi connectivity index (χ0) is 15.5. The van der Waals surface area contributed by atoms with Crippen molar-refractivity contribution >= 4 is 51.6 Å². The van der Waals surface area contributed by atoms with E-state index >= 15 is 0 Å². The molecule has 0 aliphatic carbocycles. The third-order valence-corrected chi connectivity index (χ3v) is 3.31. The maximum absolute atomic E-state index is 12.1. The molecular formula is C15H10Cl2N4O. The molecule has 0 unspecified atom stereocenters. The summed E-state index contributed by atoms with van der Waals surface area (Å²) >= 11 is 11.5. The molecule has 0 fully saturated rings. The number of aromatic nitrogens is 2. The van der Waals surface area contributed by atoms with Gasteiger partial charge in [0, 0.05) is 11.5 Å². The van der Waals surface area contributed by atoms with Crippen LogP contribution in [0.1, 0.15) is 0 Å². The Kier molecular flexibility index (Phi) is 4.09. The van der Waals surface area contributed by atoms with Gasteiger partial charge in [0.2, 0.25) is 5.95 Å². The van der Waals surface area contributed by atoms with Gasteiger partial charge in [0.1, 0.15) is 10.3 Å². The van der Waals surface area contributed by atoms with Gasteiger partial charge >= 0.3 is 6.03 Å². The summed E-state index contributed by atoms with van der Waals surface area (Å²) in [6.45, 7) is 0. The lowest BCUT2D eigenvalue weighted by atomic mass is 10.1. The number of carbonyl (C=O) groups excluding carboxylic acids is 1. The van der Waals surface area contributed by atoms with Gasteiger partial charge < -0.3 is 5.32 Å². The first-order valence-electron chi connectivity index (χ1n) is 6.38. The minimum Gasteiger partial charge on any atom is -0.307 e. The van der Waals surface area contributed by atoms with E-state index in [0.29, 0.717) is 5.69 Å². The summed E-state index contributed by atoms with van der Waals surface area (Å²) in [6.07, 6.45) is 0. The number of carbonyl (C=O) groups is 1. The quantitative estimate of drug-likeness (QED) is 0.675. The number of benzene rings is 2. The number of nitrogens with one attached hydrogen (secondary N) is 2. The SMILES string of the molecule is O=C(Nc1nc(Cl)cc(Cl)n1)Nc1cccc2ccccc12. The van der Waals surface area contributed by atoms with Crippen molar-refractivity contribution in [3.63, 3.8) is 0 Å². The molecule has 0 bridgehead atoms. The van der Waals surface area contributed by atoms with Gasteiger partial charge in [-0.3, -0.25) is 5.32 Å². The van der Waals surface area contributed by atoms with E-state index in [4.69, 9.17) is 23.2 Å². The highest BCUT2D eigenvalue weighted by Crippen LogP contribution is 2.23. The van der Waals surface area contributed by atoms with Crippen LogP contribution >= 0.6 is 23.2 Å². The molecule has 22 heavy (non-hydrogen) atoms. The van der Waals surface area contributed by atoms with Crippen LogP contribution in [0.4, 0.5) is 16.4 Å². The number of rotatable bonds is 2. The average Bonchev–Trinajstić information content (AvgIpc) is 2.46. The highest BCUT2D eigenvalue weighted by atomic mass is 35.5. The minimum atomic E-state index is -0.477. The summed E-state index contributed by atoms with van der Waals surface area (Å²) in [5.41, 5.74) is 0.684. The summed E-state index contributed by atoms with van der Waals surface area (Å²) in [5.74, 6) is 0.0373. The molecule has 0 aliphatic heterocycles. The predicted molar refractivity (Wildman–Crippen MR) is 88.6 cm³/mol. The highest BCUT2D eigenvalue weighted by Gasteiger charge is 2.08. The molecule has 5 nitrogen and oxygen atoms in total. The molecule has 3 rings (SSSR count). The lowest BCUT2D eigenvalue weighted by molar-refractivity contribution is 0.262. The average molecular weight is 333 g/mol. The van der Waals surface area contributed by atoms with Crippen LogP contribution in [0.2, 0.25) is 10.3 Å². The van der Waals surface area contributed by atoms with Crippen LogP contribution in [0.15, 0.2) is 48.5 Å². The molecule has 0 saturated heterocycles.